The number of urea groups is 1. The summed E-state index contributed by atoms with van der Waals surface area (Å²) in [4.78, 5) is 16.8. The molecule has 2 N–H and O–H groups in total. The molecule has 1 unspecified atom stereocenters. The van der Waals surface area contributed by atoms with Crippen LogP contribution in [0.15, 0.2) is 30.6 Å². The van der Waals surface area contributed by atoms with E-state index in [4.69, 9.17) is 9.47 Å². The highest BCUT2D eigenvalue weighted by Crippen LogP contribution is 2.29. The van der Waals surface area contributed by atoms with Gasteiger partial charge in [-0.05, 0) is 18.1 Å². The Kier molecular flexibility index (Phi) is 5.68. The zero-order valence-corrected chi connectivity index (χ0v) is 14.7. The molecule has 2 amide bonds. The molecular weight excluding hydrogens is 308 g/mol. The van der Waals surface area contributed by atoms with Gasteiger partial charge in [0.05, 0.1) is 25.9 Å². The number of nitrogens with zero attached hydrogens (tertiary/aromatic N) is 2. The monoisotopic (exact) mass is 332 g/mol. The summed E-state index contributed by atoms with van der Waals surface area (Å²) in [6.07, 6.45) is 3.57. The number of carbonyl (C=O) groups excluding carboxylic acids is 1. The summed E-state index contributed by atoms with van der Waals surface area (Å²) >= 11 is 0. The average molecular weight is 332 g/mol. The van der Waals surface area contributed by atoms with Gasteiger partial charge in [0.2, 0.25) is 0 Å². The minimum Gasteiger partial charge on any atom is -0.497 e. The number of nitrogens with one attached hydrogen (secondary N) is 2. The van der Waals surface area contributed by atoms with Crippen LogP contribution in [0.3, 0.4) is 0 Å². The molecule has 1 aromatic carbocycles. The Balaban J connectivity index is 2.16. The molecule has 0 fully saturated rings. The van der Waals surface area contributed by atoms with Gasteiger partial charge < -0.3 is 24.7 Å². The molecule has 0 aliphatic heterocycles. The highest BCUT2D eigenvalue weighted by molar-refractivity contribution is 5.91. The van der Waals surface area contributed by atoms with E-state index in [1.54, 1.807) is 38.6 Å². The van der Waals surface area contributed by atoms with Crippen molar-refractivity contribution in [2.75, 3.05) is 19.5 Å². The number of ether oxygens (including phenoxy) is 2. The summed E-state index contributed by atoms with van der Waals surface area (Å²) in [5, 5.41) is 5.78. The van der Waals surface area contributed by atoms with E-state index >= 15 is 0 Å². The Hall–Kier alpha value is -2.70. The molecule has 1 heterocycles. The summed E-state index contributed by atoms with van der Waals surface area (Å²) in [5.41, 5.74) is 0.539. The van der Waals surface area contributed by atoms with Crippen LogP contribution in [0.5, 0.6) is 11.5 Å². The highest BCUT2D eigenvalue weighted by Gasteiger charge is 2.22. The van der Waals surface area contributed by atoms with Crippen LogP contribution < -0.4 is 20.1 Å². The summed E-state index contributed by atoms with van der Waals surface area (Å²) in [6, 6.07) is 4.69. The van der Waals surface area contributed by atoms with Crippen molar-refractivity contribution in [1.82, 2.24) is 14.9 Å². The molecule has 130 valence electrons. The molecule has 7 nitrogen and oxygen atoms in total. The van der Waals surface area contributed by atoms with Crippen LogP contribution in [0.25, 0.3) is 0 Å². The maximum atomic E-state index is 12.4. The number of amides is 2. The van der Waals surface area contributed by atoms with Gasteiger partial charge in [-0.25, -0.2) is 9.78 Å². The van der Waals surface area contributed by atoms with Crippen molar-refractivity contribution in [3.8, 4) is 11.5 Å². The van der Waals surface area contributed by atoms with Crippen molar-refractivity contribution in [2.45, 2.75) is 19.9 Å². The number of hydrogen-bond acceptors (Lipinski definition) is 4. The molecule has 24 heavy (non-hydrogen) atoms. The molecule has 0 saturated heterocycles. The van der Waals surface area contributed by atoms with Crippen molar-refractivity contribution < 1.29 is 14.3 Å². The fourth-order valence-electron chi connectivity index (χ4n) is 2.42. The molecule has 0 aliphatic carbocycles. The first kappa shape index (κ1) is 17.7. The lowest BCUT2D eigenvalue weighted by Gasteiger charge is -2.22. The highest BCUT2D eigenvalue weighted by atomic mass is 16.5. The lowest BCUT2D eigenvalue weighted by molar-refractivity contribution is 0.243. The van der Waals surface area contributed by atoms with Gasteiger partial charge in [-0.2, -0.15) is 0 Å². The first-order chi connectivity index (χ1) is 11.5. The Morgan fingerprint density at radius 2 is 2.00 bits per heavy atom. The van der Waals surface area contributed by atoms with E-state index in [9.17, 15) is 4.79 Å². The number of rotatable bonds is 6. The van der Waals surface area contributed by atoms with Gasteiger partial charge in [0, 0.05) is 25.5 Å². The predicted molar refractivity (Wildman–Crippen MR) is 92.5 cm³/mol. The quantitative estimate of drug-likeness (QED) is 0.852. The van der Waals surface area contributed by atoms with E-state index in [1.165, 1.54) is 0 Å². The minimum absolute atomic E-state index is 0.184. The zero-order valence-electron chi connectivity index (χ0n) is 14.7. The van der Waals surface area contributed by atoms with Gasteiger partial charge in [-0.15, -0.1) is 0 Å². The summed E-state index contributed by atoms with van der Waals surface area (Å²) in [5.74, 6) is 2.18. The van der Waals surface area contributed by atoms with E-state index in [0.29, 0.717) is 17.2 Å². The van der Waals surface area contributed by atoms with Crippen LogP contribution in [0.4, 0.5) is 10.5 Å². The number of hydrogen-bond donors (Lipinski definition) is 2. The zero-order chi connectivity index (χ0) is 17.7. The Morgan fingerprint density at radius 3 is 2.54 bits per heavy atom. The van der Waals surface area contributed by atoms with Crippen molar-refractivity contribution in [2.24, 2.45) is 13.0 Å². The number of anilines is 1. The van der Waals surface area contributed by atoms with Gasteiger partial charge in [0.1, 0.15) is 17.3 Å². The molecule has 1 aromatic heterocycles. The van der Waals surface area contributed by atoms with E-state index in [2.05, 4.69) is 15.6 Å². The second-order valence-corrected chi connectivity index (χ2v) is 5.78. The normalized spacial score (nSPS) is 11.9. The smallest absolute Gasteiger partial charge is 0.319 e. The molecule has 0 spiro atoms. The van der Waals surface area contributed by atoms with Crippen LogP contribution in [-0.4, -0.2) is 29.8 Å². The lowest BCUT2D eigenvalue weighted by Crippen LogP contribution is -2.36. The third-order valence-corrected chi connectivity index (χ3v) is 3.74. The Labute approximate surface area is 142 Å². The second-order valence-electron chi connectivity index (χ2n) is 5.78. The van der Waals surface area contributed by atoms with Gasteiger partial charge >= 0.3 is 6.03 Å². The number of aromatic nitrogens is 2. The SMILES string of the molecule is COc1ccc(OC)c(NC(=O)NC(c2nccn2C)C(C)C)c1. The van der Waals surface area contributed by atoms with Gasteiger partial charge in [0.15, 0.2) is 0 Å². The summed E-state index contributed by atoms with van der Waals surface area (Å²) in [6.45, 7) is 4.07. The molecule has 0 radical (unpaired) electrons. The van der Waals surface area contributed by atoms with Gasteiger partial charge in [-0.1, -0.05) is 13.8 Å². The average Bonchev–Trinajstić information content (AvgIpc) is 2.98. The van der Waals surface area contributed by atoms with Crippen LogP contribution in [0, 0.1) is 5.92 Å². The fraction of sp³-hybridized carbons (Fsp3) is 0.412. The third-order valence-electron chi connectivity index (χ3n) is 3.74. The van der Waals surface area contributed by atoms with Crippen LogP contribution in [-0.2, 0) is 7.05 Å². The standard InChI is InChI=1S/C17H24N4O3/c1-11(2)15(16-18-8-9-21(16)3)20-17(22)19-13-10-12(23-4)6-7-14(13)24-5/h6-11,15H,1-5H3,(H2,19,20,22). The topological polar surface area (TPSA) is 77.4 Å². The van der Waals surface area contributed by atoms with Crippen LogP contribution >= 0.6 is 0 Å². The predicted octanol–water partition coefficient (Wildman–Crippen LogP) is 2.96. The largest absolute Gasteiger partial charge is 0.497 e. The molecular formula is C17H24N4O3. The van der Waals surface area contributed by atoms with Crippen molar-refractivity contribution in [3.05, 3.63) is 36.4 Å². The molecule has 7 heteroatoms. The number of aryl methyl sites for hydroxylation is 1. The molecule has 0 saturated carbocycles. The summed E-state index contributed by atoms with van der Waals surface area (Å²) in [7, 11) is 5.03. The van der Waals surface area contributed by atoms with Crippen LogP contribution in [0.2, 0.25) is 0 Å². The first-order valence-electron chi connectivity index (χ1n) is 7.73. The van der Waals surface area contributed by atoms with Crippen LogP contribution in [0.1, 0.15) is 25.7 Å². The molecule has 2 rings (SSSR count). The minimum atomic E-state index is -0.330. The van der Waals surface area contributed by atoms with E-state index in [1.807, 2.05) is 31.7 Å². The maximum absolute atomic E-state index is 12.4. The maximum Gasteiger partial charge on any atom is 0.319 e. The van der Waals surface area contributed by atoms with Crippen molar-refractivity contribution in [1.29, 1.82) is 0 Å². The summed E-state index contributed by atoms with van der Waals surface area (Å²) < 4.78 is 12.4. The molecule has 0 bridgehead atoms. The fourth-order valence-corrected chi connectivity index (χ4v) is 2.42. The van der Waals surface area contributed by atoms with Crippen molar-refractivity contribution >= 4 is 11.7 Å². The Bertz CT molecular complexity index is 697. The third kappa shape index (κ3) is 3.98. The van der Waals surface area contributed by atoms with Gasteiger partial charge in [-0.3, -0.25) is 0 Å². The van der Waals surface area contributed by atoms with Gasteiger partial charge in [0.25, 0.3) is 0 Å². The number of carbonyl (C=O) groups is 1. The molecule has 1 atom stereocenters. The Morgan fingerprint density at radius 1 is 1.25 bits per heavy atom. The molecule has 0 aliphatic rings. The first-order valence-corrected chi connectivity index (χ1v) is 7.73. The van der Waals surface area contributed by atoms with E-state index in [0.717, 1.165) is 5.82 Å². The van der Waals surface area contributed by atoms with Crippen molar-refractivity contribution in [3.63, 3.8) is 0 Å². The molecule has 2 aromatic rings. The number of methoxy groups -OCH3 is 2. The van der Waals surface area contributed by atoms with E-state index < -0.39 is 0 Å². The second kappa shape index (κ2) is 7.72. The van der Waals surface area contributed by atoms with E-state index in [-0.39, 0.29) is 18.0 Å². The lowest BCUT2D eigenvalue weighted by atomic mass is 10.0. The number of benzene rings is 1. The number of imidazole rings is 1.